The second kappa shape index (κ2) is 4.36. The number of benzene rings is 1. The molecule has 0 aliphatic rings. The molecule has 2 N–H and O–H groups in total. The van der Waals surface area contributed by atoms with E-state index in [0.717, 1.165) is 0 Å². The van der Waals surface area contributed by atoms with Gasteiger partial charge in [0.2, 0.25) is 18.3 Å². The van der Waals surface area contributed by atoms with Gasteiger partial charge in [0.05, 0.1) is 5.02 Å². The SMILES string of the molecule is C[Si](C)(C)Oc1ccc(Cl)c(S(N)(=O)=O)c1. The van der Waals surface area contributed by atoms with Crippen molar-refractivity contribution in [3.63, 3.8) is 0 Å². The van der Waals surface area contributed by atoms with E-state index in [0.29, 0.717) is 5.75 Å². The van der Waals surface area contributed by atoms with Gasteiger partial charge in [-0.05, 0) is 31.8 Å². The standard InChI is InChI=1S/C9H14ClNO3SSi/c1-16(2,3)14-7-4-5-8(10)9(6-7)15(11,12)13/h4-6H,1-3H3,(H2,11,12,13). The Hall–Kier alpha value is -0.563. The van der Waals surface area contributed by atoms with E-state index in [1.807, 2.05) is 19.6 Å². The van der Waals surface area contributed by atoms with Crippen molar-refractivity contribution >= 4 is 29.9 Å². The molecular formula is C9H14ClNO3SSi. The highest BCUT2D eigenvalue weighted by Crippen LogP contribution is 2.26. The number of primary sulfonamides is 1. The first kappa shape index (κ1) is 13.5. The fourth-order valence-corrected chi connectivity index (χ4v) is 3.01. The highest BCUT2D eigenvalue weighted by molar-refractivity contribution is 7.89. The average Bonchev–Trinajstić information content (AvgIpc) is 2.04. The van der Waals surface area contributed by atoms with Crippen molar-refractivity contribution in [2.45, 2.75) is 24.5 Å². The predicted molar refractivity (Wildman–Crippen MR) is 66.8 cm³/mol. The van der Waals surface area contributed by atoms with Gasteiger partial charge >= 0.3 is 0 Å². The molecule has 0 saturated carbocycles. The van der Waals surface area contributed by atoms with E-state index in [2.05, 4.69) is 0 Å². The van der Waals surface area contributed by atoms with Gasteiger partial charge < -0.3 is 4.43 Å². The van der Waals surface area contributed by atoms with Crippen LogP contribution in [0.15, 0.2) is 23.1 Å². The first-order valence-corrected chi connectivity index (χ1v) is 9.94. The van der Waals surface area contributed by atoms with Gasteiger partial charge in [-0.3, -0.25) is 0 Å². The van der Waals surface area contributed by atoms with E-state index in [-0.39, 0.29) is 9.92 Å². The van der Waals surface area contributed by atoms with Crippen LogP contribution >= 0.6 is 11.6 Å². The molecule has 0 radical (unpaired) electrons. The fraction of sp³-hybridized carbons (Fsp3) is 0.333. The summed E-state index contributed by atoms with van der Waals surface area (Å²) in [5, 5.41) is 5.14. The van der Waals surface area contributed by atoms with Crippen LogP contribution in [0.1, 0.15) is 0 Å². The van der Waals surface area contributed by atoms with Crippen molar-refractivity contribution in [2.75, 3.05) is 0 Å². The first-order valence-electron chi connectivity index (χ1n) is 4.61. The van der Waals surface area contributed by atoms with Crippen LogP contribution < -0.4 is 9.56 Å². The summed E-state index contributed by atoms with van der Waals surface area (Å²) in [7, 11) is -5.58. The minimum Gasteiger partial charge on any atom is -0.544 e. The second-order valence-electron chi connectivity index (χ2n) is 4.35. The van der Waals surface area contributed by atoms with Crippen molar-refractivity contribution in [1.82, 2.24) is 0 Å². The van der Waals surface area contributed by atoms with Gasteiger partial charge in [-0.1, -0.05) is 11.6 Å². The van der Waals surface area contributed by atoms with Crippen molar-refractivity contribution in [3.8, 4) is 5.75 Å². The lowest BCUT2D eigenvalue weighted by Crippen LogP contribution is -2.29. The number of hydrogen-bond donors (Lipinski definition) is 1. The molecule has 0 aliphatic carbocycles. The summed E-state index contributed by atoms with van der Waals surface area (Å²) in [6.07, 6.45) is 0. The molecule has 0 bridgehead atoms. The Morgan fingerprint density at radius 2 is 1.88 bits per heavy atom. The minimum atomic E-state index is -3.81. The van der Waals surface area contributed by atoms with Crippen LogP contribution in [0.3, 0.4) is 0 Å². The average molecular weight is 280 g/mol. The zero-order valence-corrected chi connectivity index (χ0v) is 11.9. The quantitative estimate of drug-likeness (QED) is 0.863. The Labute approximate surface area is 102 Å². The normalized spacial score (nSPS) is 12.6. The molecule has 0 heterocycles. The Morgan fingerprint density at radius 1 is 1.31 bits per heavy atom. The topological polar surface area (TPSA) is 69.4 Å². The molecule has 16 heavy (non-hydrogen) atoms. The highest BCUT2D eigenvalue weighted by atomic mass is 35.5. The third-order valence-electron chi connectivity index (χ3n) is 1.63. The Kier molecular flexibility index (Phi) is 3.68. The molecular weight excluding hydrogens is 266 g/mol. The monoisotopic (exact) mass is 279 g/mol. The zero-order valence-electron chi connectivity index (χ0n) is 9.32. The van der Waals surface area contributed by atoms with Gasteiger partial charge in [-0.25, -0.2) is 13.6 Å². The largest absolute Gasteiger partial charge is 0.544 e. The molecule has 0 spiro atoms. The number of rotatable bonds is 3. The van der Waals surface area contributed by atoms with Crippen LogP contribution in [0, 0.1) is 0 Å². The molecule has 0 amide bonds. The second-order valence-corrected chi connectivity index (χ2v) is 10.7. The smallest absolute Gasteiger partial charge is 0.242 e. The maximum Gasteiger partial charge on any atom is 0.242 e. The van der Waals surface area contributed by atoms with Gasteiger partial charge in [0.15, 0.2) is 0 Å². The van der Waals surface area contributed by atoms with Crippen LogP contribution in [-0.2, 0) is 10.0 Å². The fourth-order valence-electron chi connectivity index (χ4n) is 1.12. The van der Waals surface area contributed by atoms with Crippen LogP contribution in [0.4, 0.5) is 0 Å². The number of halogens is 1. The van der Waals surface area contributed by atoms with E-state index < -0.39 is 18.3 Å². The van der Waals surface area contributed by atoms with Gasteiger partial charge in [-0.2, -0.15) is 0 Å². The molecule has 4 nitrogen and oxygen atoms in total. The Morgan fingerprint density at radius 3 is 2.31 bits per heavy atom. The van der Waals surface area contributed by atoms with E-state index in [4.69, 9.17) is 21.2 Å². The van der Waals surface area contributed by atoms with Gasteiger partial charge in [0.25, 0.3) is 0 Å². The molecule has 90 valence electrons. The predicted octanol–water partition coefficient (Wildman–Crippen LogP) is 2.20. The van der Waals surface area contributed by atoms with Crippen molar-refractivity contribution < 1.29 is 12.8 Å². The van der Waals surface area contributed by atoms with Gasteiger partial charge in [0, 0.05) is 6.07 Å². The van der Waals surface area contributed by atoms with Crippen LogP contribution in [-0.4, -0.2) is 16.7 Å². The summed E-state index contributed by atoms with van der Waals surface area (Å²) in [6.45, 7) is 5.99. The number of hydrogen-bond acceptors (Lipinski definition) is 3. The summed E-state index contributed by atoms with van der Waals surface area (Å²) in [4.78, 5) is -0.107. The zero-order chi connectivity index (χ0) is 12.6. The summed E-state index contributed by atoms with van der Waals surface area (Å²) in [6, 6.07) is 4.46. The van der Waals surface area contributed by atoms with Crippen molar-refractivity contribution in [3.05, 3.63) is 23.2 Å². The van der Waals surface area contributed by atoms with E-state index in [1.54, 1.807) is 6.07 Å². The van der Waals surface area contributed by atoms with Crippen molar-refractivity contribution in [2.24, 2.45) is 5.14 Å². The molecule has 0 fully saturated rings. The van der Waals surface area contributed by atoms with Crippen molar-refractivity contribution in [1.29, 1.82) is 0 Å². The minimum absolute atomic E-state index is 0.102. The summed E-state index contributed by atoms with van der Waals surface area (Å²) < 4.78 is 28.1. The molecule has 7 heteroatoms. The van der Waals surface area contributed by atoms with Crippen LogP contribution in [0.5, 0.6) is 5.75 Å². The highest BCUT2D eigenvalue weighted by Gasteiger charge is 2.19. The summed E-state index contributed by atoms with van der Waals surface area (Å²) in [5.74, 6) is 0.479. The Balaban J connectivity index is 3.19. The van der Waals surface area contributed by atoms with E-state index >= 15 is 0 Å². The van der Waals surface area contributed by atoms with Crippen LogP contribution in [0.2, 0.25) is 24.7 Å². The summed E-state index contributed by atoms with van der Waals surface area (Å²) in [5.41, 5.74) is 0. The number of sulfonamides is 1. The molecule has 1 aromatic carbocycles. The maximum atomic E-state index is 11.2. The van der Waals surface area contributed by atoms with E-state index in [1.165, 1.54) is 12.1 Å². The number of nitrogens with two attached hydrogens (primary N) is 1. The lowest BCUT2D eigenvalue weighted by atomic mass is 10.3. The molecule has 1 rings (SSSR count). The summed E-state index contributed by atoms with van der Waals surface area (Å²) >= 11 is 5.75. The van der Waals surface area contributed by atoms with Gasteiger partial charge in [-0.15, -0.1) is 0 Å². The third-order valence-corrected chi connectivity index (χ3v) is 3.87. The lowest BCUT2D eigenvalue weighted by Gasteiger charge is -2.19. The molecule has 0 aliphatic heterocycles. The van der Waals surface area contributed by atoms with Crippen LogP contribution in [0.25, 0.3) is 0 Å². The van der Waals surface area contributed by atoms with Gasteiger partial charge in [0.1, 0.15) is 10.6 Å². The Bertz CT molecular complexity index is 496. The molecule has 0 saturated heterocycles. The third kappa shape index (κ3) is 3.78. The van der Waals surface area contributed by atoms with E-state index in [9.17, 15) is 8.42 Å². The maximum absolute atomic E-state index is 11.2. The molecule has 0 aromatic heterocycles. The lowest BCUT2D eigenvalue weighted by molar-refractivity contribution is 0.553. The molecule has 0 unspecified atom stereocenters. The molecule has 1 aromatic rings. The molecule has 0 atom stereocenters. The first-order chi connectivity index (χ1) is 7.09.